The minimum atomic E-state index is -2.71. The van der Waals surface area contributed by atoms with Crippen molar-refractivity contribution in [3.63, 3.8) is 0 Å². The summed E-state index contributed by atoms with van der Waals surface area (Å²) in [6, 6.07) is 9.03. The van der Waals surface area contributed by atoms with Gasteiger partial charge in [0.15, 0.2) is 44.5 Å². The number of fused-ring (bicyclic) bond motifs is 4. The van der Waals surface area contributed by atoms with Crippen molar-refractivity contribution in [2.45, 2.75) is 28.5 Å². The topological polar surface area (TPSA) is 104 Å². The Kier molecular flexibility index (Phi) is 8.35. The van der Waals surface area contributed by atoms with Crippen LogP contribution in [-0.4, -0.2) is 45.6 Å². The zero-order valence-electron chi connectivity index (χ0n) is 25.0. The molecule has 0 spiro atoms. The molecule has 2 heterocycles. The quantitative estimate of drug-likeness (QED) is 0.0564. The lowest BCUT2D eigenvalue weighted by Crippen LogP contribution is -2.60. The zero-order chi connectivity index (χ0) is 36.4. The first-order valence-electron chi connectivity index (χ1n) is 14.7. The van der Waals surface area contributed by atoms with Crippen LogP contribution in [0.15, 0.2) is 52.5 Å². The molecule has 4 aliphatic rings. The lowest BCUT2D eigenvalue weighted by molar-refractivity contribution is -0.125. The molecule has 260 valence electrons. The molecule has 8 nitrogen and oxygen atoms in total. The molecule has 2 aliphatic carbocycles. The summed E-state index contributed by atoms with van der Waals surface area (Å²) in [5.74, 6) is -21.8. The molecule has 1 saturated carbocycles. The van der Waals surface area contributed by atoms with Crippen LogP contribution in [0.2, 0.25) is 0 Å². The molecule has 0 radical (unpaired) electrons. The number of alkyl halides is 2. The molecule has 3 fully saturated rings. The monoisotopic (exact) mass is 910 g/mol. The van der Waals surface area contributed by atoms with Gasteiger partial charge in [-0.25, -0.2) is 26.9 Å². The van der Waals surface area contributed by atoms with Crippen LogP contribution in [0, 0.1) is 50.4 Å². The molecular weight excluding hydrogens is 893 g/mol. The highest BCUT2D eigenvalue weighted by Gasteiger charge is 2.77. The molecule has 4 amide bonds. The zero-order valence-corrected chi connectivity index (χ0v) is 30.3. The van der Waals surface area contributed by atoms with E-state index >= 15 is 8.78 Å². The Hall–Kier alpha value is -3.28. The van der Waals surface area contributed by atoms with E-state index in [9.17, 15) is 37.5 Å². The van der Waals surface area contributed by atoms with Crippen molar-refractivity contribution < 1.29 is 51.0 Å². The molecule has 3 aromatic rings. The van der Waals surface area contributed by atoms with Crippen molar-refractivity contribution in [3.8, 4) is 11.5 Å². The molecule has 1 N–H and O–H groups in total. The van der Waals surface area contributed by atoms with Crippen LogP contribution >= 0.6 is 61.7 Å². The van der Waals surface area contributed by atoms with E-state index in [-0.39, 0.29) is 43.2 Å². The van der Waals surface area contributed by atoms with Gasteiger partial charge in [0.25, 0.3) is 11.8 Å². The van der Waals surface area contributed by atoms with Crippen molar-refractivity contribution in [2.75, 3.05) is 16.9 Å². The summed E-state index contributed by atoms with van der Waals surface area (Å²) in [7, 11) is 1.24. The number of hydrogen-bond donors (Lipinski definition) is 1. The van der Waals surface area contributed by atoms with E-state index < -0.39 is 98.2 Å². The second-order valence-corrected chi connectivity index (χ2v) is 15.6. The van der Waals surface area contributed by atoms with Gasteiger partial charge < -0.3 is 9.84 Å². The molecule has 3 aromatic carbocycles. The minimum Gasteiger partial charge on any atom is -0.504 e. The number of anilines is 2. The average molecular weight is 912 g/mol. The number of amides is 4. The summed E-state index contributed by atoms with van der Waals surface area (Å²) in [6.07, 6.45) is 0.915. The first-order chi connectivity index (χ1) is 23.5. The number of ether oxygens (including phenoxy) is 1. The van der Waals surface area contributed by atoms with Crippen LogP contribution in [0.25, 0.3) is 0 Å². The number of aromatic hydroxyl groups is 1. The Bertz CT molecular complexity index is 2100. The van der Waals surface area contributed by atoms with Gasteiger partial charge in [0.1, 0.15) is 5.69 Å². The van der Waals surface area contributed by atoms with E-state index in [1.54, 1.807) is 52.9 Å². The molecule has 50 heavy (non-hydrogen) atoms. The normalized spacial score (nSPS) is 28.9. The Morgan fingerprint density at radius 1 is 0.880 bits per heavy atom. The van der Waals surface area contributed by atoms with Gasteiger partial charge in [0, 0.05) is 10.4 Å². The summed E-state index contributed by atoms with van der Waals surface area (Å²) >= 11 is 19.4. The van der Waals surface area contributed by atoms with Gasteiger partial charge in [-0.15, -0.1) is 23.2 Å². The summed E-state index contributed by atoms with van der Waals surface area (Å²) in [4.78, 5) is 52.1. The average Bonchev–Trinajstić information content (AvgIpc) is 3.42. The summed E-state index contributed by atoms with van der Waals surface area (Å²) in [5.41, 5.74) is -1.24. The fourth-order valence-corrected chi connectivity index (χ4v) is 9.53. The maximum absolute atomic E-state index is 15.2. The Morgan fingerprint density at radius 2 is 1.48 bits per heavy atom. The van der Waals surface area contributed by atoms with Gasteiger partial charge in [0.05, 0.1) is 28.2 Å². The number of benzene rings is 3. The number of phenolic OH excluding ortho intramolecular Hbond substituents is 1. The number of halogens is 9. The van der Waals surface area contributed by atoms with Crippen molar-refractivity contribution in [1.82, 2.24) is 0 Å². The first-order valence-corrected chi connectivity index (χ1v) is 17.3. The highest BCUT2D eigenvalue weighted by molar-refractivity contribution is 14.1. The predicted molar refractivity (Wildman–Crippen MR) is 180 cm³/mol. The highest BCUT2D eigenvalue weighted by Crippen LogP contribution is 2.66. The minimum absolute atomic E-state index is 0.0251. The van der Waals surface area contributed by atoms with Gasteiger partial charge in [0.2, 0.25) is 17.6 Å². The number of hydrogen-bond acceptors (Lipinski definition) is 6. The number of allylic oxidation sites excluding steroid dienone is 2. The van der Waals surface area contributed by atoms with Gasteiger partial charge in [-0.1, -0.05) is 27.6 Å². The predicted octanol–water partition coefficient (Wildman–Crippen LogP) is 7.23. The highest BCUT2D eigenvalue weighted by atomic mass is 127. The van der Waals surface area contributed by atoms with Crippen LogP contribution in [0.5, 0.6) is 11.5 Å². The molecule has 2 aliphatic heterocycles. The van der Waals surface area contributed by atoms with Crippen molar-refractivity contribution in [3.05, 3.63) is 90.7 Å². The summed E-state index contributed by atoms with van der Waals surface area (Å²) in [6.45, 7) is 0. The van der Waals surface area contributed by atoms with E-state index in [0.717, 1.165) is 4.90 Å². The van der Waals surface area contributed by atoms with E-state index in [4.69, 9.17) is 27.9 Å². The Balaban J connectivity index is 1.45. The van der Waals surface area contributed by atoms with E-state index in [0.29, 0.717) is 4.47 Å². The fraction of sp³-hybridized carbons (Fsp3) is 0.273. The van der Waals surface area contributed by atoms with Crippen LogP contribution in [-0.2, 0) is 19.2 Å². The smallest absolute Gasteiger partial charge is 0.258 e. The van der Waals surface area contributed by atoms with E-state index in [1.807, 2.05) is 0 Å². The third kappa shape index (κ3) is 4.51. The van der Waals surface area contributed by atoms with E-state index in [2.05, 4.69) is 15.9 Å². The molecule has 0 bridgehead atoms. The van der Waals surface area contributed by atoms with Crippen LogP contribution < -0.4 is 14.5 Å². The summed E-state index contributed by atoms with van der Waals surface area (Å²) in [5, 5.41) is 10.6. The van der Waals surface area contributed by atoms with Crippen LogP contribution in [0.4, 0.5) is 33.3 Å². The van der Waals surface area contributed by atoms with Crippen molar-refractivity contribution in [1.29, 1.82) is 0 Å². The lowest BCUT2D eigenvalue weighted by atomic mass is 9.56. The first kappa shape index (κ1) is 35.1. The fourth-order valence-electron chi connectivity index (χ4n) is 7.70. The SMILES string of the molecule is COc1cc([C@H]2C3=CC[C@@H]4C(=O)N(c5ccc(Br)cc5)C(=O)[C@@H]4[C@@H]3C[C@@]3(Cl)C(=O)N(c4c(F)c(F)c(F)c(F)c4F)C(=O)[C@@]23Cl)cc(I)c1O. The third-order valence-corrected chi connectivity index (χ3v) is 12.7. The maximum atomic E-state index is 15.2. The Morgan fingerprint density at radius 3 is 2.08 bits per heavy atom. The lowest BCUT2D eigenvalue weighted by Gasteiger charge is -2.50. The van der Waals surface area contributed by atoms with Gasteiger partial charge in [-0.05, 0) is 83.3 Å². The molecule has 17 heteroatoms. The second-order valence-electron chi connectivity index (χ2n) is 12.2. The molecule has 0 aromatic heterocycles. The summed E-state index contributed by atoms with van der Waals surface area (Å²) < 4.78 is 79.6. The van der Waals surface area contributed by atoms with Crippen LogP contribution in [0.3, 0.4) is 0 Å². The number of phenols is 1. The number of nitrogens with zero attached hydrogens (tertiary/aromatic N) is 2. The third-order valence-electron chi connectivity index (χ3n) is 9.91. The van der Waals surface area contributed by atoms with Gasteiger partial charge >= 0.3 is 0 Å². The maximum Gasteiger partial charge on any atom is 0.258 e. The number of imide groups is 2. The van der Waals surface area contributed by atoms with Gasteiger partial charge in [-0.2, -0.15) is 0 Å². The number of rotatable bonds is 4. The Labute approximate surface area is 311 Å². The standard InChI is InChI=1S/C33H19BrCl2F5IN2O6/c1-50-18-9-11(8-17(42)27(18)45)20-14-6-7-15-19(29(47)43(28(15)46)13-4-2-12(34)3-5-13)16(14)10-32(35)30(48)44(31(49)33(20,32)36)26-24(40)22(38)21(37)23(39)25(26)41/h2-6,8-9,15-16,19-20,45H,7,10H2,1H3/t15-,16+,19-,20-,32+,33-/m0/s1. The molecular formula is C33H19BrCl2F5IN2O6. The number of methoxy groups -OCH3 is 1. The molecule has 6 atom stereocenters. The largest absolute Gasteiger partial charge is 0.504 e. The molecule has 2 saturated heterocycles. The van der Waals surface area contributed by atoms with Crippen molar-refractivity contribution in [2.24, 2.45) is 17.8 Å². The number of carbonyl (C=O) groups is 4. The van der Waals surface area contributed by atoms with Gasteiger partial charge in [-0.3, -0.25) is 24.1 Å². The second kappa shape index (κ2) is 11.9. The van der Waals surface area contributed by atoms with E-state index in [1.165, 1.54) is 19.2 Å². The van der Waals surface area contributed by atoms with Crippen molar-refractivity contribution >= 4 is 96.7 Å². The molecule has 7 rings (SSSR count). The number of carbonyl (C=O) groups excluding carboxylic acids is 4. The van der Waals surface area contributed by atoms with Crippen LogP contribution in [0.1, 0.15) is 24.3 Å². The molecule has 0 unspecified atom stereocenters.